The topological polar surface area (TPSA) is 100 Å². The van der Waals surface area contributed by atoms with Gasteiger partial charge in [0.1, 0.15) is 23.7 Å². The number of anilines is 1. The van der Waals surface area contributed by atoms with Crippen LogP contribution >= 0.6 is 0 Å². The van der Waals surface area contributed by atoms with Crippen molar-refractivity contribution < 1.29 is 27.6 Å². The molecule has 1 aliphatic heterocycles. The average molecular weight is 465 g/mol. The predicted molar refractivity (Wildman–Crippen MR) is 106 cm³/mol. The second-order valence-electron chi connectivity index (χ2n) is 7.67. The van der Waals surface area contributed by atoms with Crippen LogP contribution in [0, 0.1) is 17.5 Å². The van der Waals surface area contributed by atoms with Gasteiger partial charge in [-0.05, 0) is 17.7 Å². The Morgan fingerprint density at radius 2 is 1.82 bits per heavy atom. The Kier molecular flexibility index (Phi) is 5.97. The third-order valence-electron chi connectivity index (χ3n) is 5.37. The number of nitrogens with zero attached hydrogens (tertiary/aromatic N) is 7. The number of carbonyl (C=O) groups is 1. The van der Waals surface area contributed by atoms with E-state index in [2.05, 4.69) is 20.1 Å². The van der Waals surface area contributed by atoms with E-state index in [0.29, 0.717) is 6.07 Å². The number of amides is 1. The lowest BCUT2D eigenvalue weighted by molar-refractivity contribution is -0.183. The summed E-state index contributed by atoms with van der Waals surface area (Å²) in [6.45, 7) is -0.561. The number of piperidine rings is 1. The molecule has 1 fully saturated rings. The van der Waals surface area contributed by atoms with Gasteiger partial charge < -0.3 is 4.90 Å². The van der Waals surface area contributed by atoms with E-state index in [-0.39, 0.29) is 54.0 Å². The second-order valence-corrected chi connectivity index (χ2v) is 7.67. The predicted octanol–water partition coefficient (Wildman–Crippen LogP) is 2.42. The molecule has 33 heavy (non-hydrogen) atoms. The molecule has 0 saturated carbocycles. The van der Waals surface area contributed by atoms with Crippen LogP contribution in [0.25, 0.3) is 11.5 Å². The van der Waals surface area contributed by atoms with Crippen LogP contribution in [-0.2, 0) is 18.4 Å². The molecule has 1 N–H and O–H groups in total. The number of alkyl halides is 1. The number of hydroxylamine groups is 2. The fourth-order valence-corrected chi connectivity index (χ4v) is 3.63. The van der Waals surface area contributed by atoms with E-state index in [4.69, 9.17) is 0 Å². The highest BCUT2D eigenvalue weighted by atomic mass is 19.1. The molecule has 9 nitrogen and oxygen atoms in total. The number of halogens is 4. The molecule has 0 radical (unpaired) electrons. The molecule has 2 aromatic heterocycles. The maximum absolute atomic E-state index is 15.3. The summed E-state index contributed by atoms with van der Waals surface area (Å²) in [7, 11) is 1.58. The lowest BCUT2D eigenvalue weighted by Crippen LogP contribution is -2.51. The van der Waals surface area contributed by atoms with Crippen molar-refractivity contribution in [1.29, 1.82) is 0 Å². The van der Waals surface area contributed by atoms with Gasteiger partial charge in [-0.3, -0.25) is 10.0 Å². The van der Waals surface area contributed by atoms with Crippen LogP contribution in [-0.4, -0.2) is 59.7 Å². The van der Waals surface area contributed by atoms with Crippen molar-refractivity contribution in [3.63, 3.8) is 0 Å². The Labute approximate surface area is 185 Å². The van der Waals surface area contributed by atoms with Crippen LogP contribution in [0.3, 0.4) is 0 Å². The molecule has 174 valence electrons. The molecule has 1 amide bonds. The summed E-state index contributed by atoms with van der Waals surface area (Å²) in [5.41, 5.74) is -2.50. The number of aryl methyl sites for hydroxylation is 1. The molecule has 0 atom stereocenters. The largest absolute Gasteiger partial charge is 0.341 e. The van der Waals surface area contributed by atoms with Crippen LogP contribution in [0.4, 0.5) is 23.5 Å². The molecule has 3 aromatic rings. The van der Waals surface area contributed by atoms with Gasteiger partial charge in [-0.1, -0.05) is 0 Å². The van der Waals surface area contributed by atoms with Gasteiger partial charge in [0.15, 0.2) is 17.3 Å². The molecule has 4 rings (SSSR count). The summed E-state index contributed by atoms with van der Waals surface area (Å²) in [6, 6.07) is 2.52. The third-order valence-corrected chi connectivity index (χ3v) is 5.37. The van der Waals surface area contributed by atoms with E-state index >= 15 is 4.39 Å². The van der Waals surface area contributed by atoms with Gasteiger partial charge in [-0.15, -0.1) is 0 Å². The Bertz CT molecular complexity index is 1160. The van der Waals surface area contributed by atoms with Gasteiger partial charge in [0.2, 0.25) is 5.95 Å². The van der Waals surface area contributed by atoms with Crippen molar-refractivity contribution in [3.8, 4) is 11.5 Å². The highest BCUT2D eigenvalue weighted by molar-refractivity contribution is 5.84. The number of hydrogen-bond donors (Lipinski definition) is 1. The van der Waals surface area contributed by atoms with Crippen LogP contribution in [0.2, 0.25) is 0 Å². The Balaban J connectivity index is 1.44. The first-order valence-electron chi connectivity index (χ1n) is 9.93. The van der Waals surface area contributed by atoms with Crippen LogP contribution in [0.15, 0.2) is 30.7 Å². The zero-order valence-electron chi connectivity index (χ0n) is 17.4. The minimum Gasteiger partial charge on any atom is -0.341 e. The number of hydrogen-bond acceptors (Lipinski definition) is 7. The second kappa shape index (κ2) is 8.73. The SMILES string of the molecule is Cn1ncnc1-c1nc(N2CCC(F)(C(=O)N(O)Cc3cc(F)cc(F)c3)CC2)ncc1F. The first-order valence-corrected chi connectivity index (χ1v) is 9.93. The Hall–Kier alpha value is -3.61. The Morgan fingerprint density at radius 1 is 1.15 bits per heavy atom. The monoisotopic (exact) mass is 465 g/mol. The van der Waals surface area contributed by atoms with Crippen molar-refractivity contribution in [2.24, 2.45) is 7.05 Å². The summed E-state index contributed by atoms with van der Waals surface area (Å²) < 4.78 is 57.6. The molecule has 0 spiro atoms. The summed E-state index contributed by atoms with van der Waals surface area (Å²) in [6.07, 6.45) is 1.61. The van der Waals surface area contributed by atoms with E-state index in [9.17, 15) is 23.2 Å². The van der Waals surface area contributed by atoms with E-state index in [0.717, 1.165) is 18.3 Å². The highest BCUT2D eigenvalue weighted by Gasteiger charge is 2.44. The number of aromatic nitrogens is 5. The molecule has 1 aliphatic rings. The van der Waals surface area contributed by atoms with Crippen molar-refractivity contribution >= 4 is 11.9 Å². The third kappa shape index (κ3) is 4.62. The normalized spacial score (nSPS) is 15.5. The number of benzene rings is 1. The van der Waals surface area contributed by atoms with Crippen LogP contribution < -0.4 is 4.90 Å². The maximum Gasteiger partial charge on any atom is 0.284 e. The molecule has 3 heterocycles. The van der Waals surface area contributed by atoms with Gasteiger partial charge in [-0.25, -0.2) is 42.3 Å². The van der Waals surface area contributed by atoms with Crippen LogP contribution in [0.1, 0.15) is 18.4 Å². The average Bonchev–Trinajstić information content (AvgIpc) is 3.19. The van der Waals surface area contributed by atoms with E-state index in [1.165, 1.54) is 11.0 Å². The fraction of sp³-hybridized carbons (Fsp3) is 0.350. The van der Waals surface area contributed by atoms with Crippen molar-refractivity contribution in [3.05, 3.63) is 53.7 Å². The Morgan fingerprint density at radius 3 is 2.42 bits per heavy atom. The van der Waals surface area contributed by atoms with E-state index in [1.807, 2.05) is 0 Å². The minimum absolute atomic E-state index is 0.00849. The first kappa shape index (κ1) is 22.6. The summed E-state index contributed by atoms with van der Waals surface area (Å²) in [5, 5.41) is 14.0. The molecule has 1 saturated heterocycles. The minimum atomic E-state index is -2.40. The van der Waals surface area contributed by atoms with Crippen LogP contribution in [0.5, 0.6) is 0 Å². The zero-order chi connectivity index (χ0) is 23.8. The highest BCUT2D eigenvalue weighted by Crippen LogP contribution is 2.31. The number of carbonyl (C=O) groups excluding carboxylic acids is 1. The van der Waals surface area contributed by atoms with Crippen molar-refractivity contribution in [2.75, 3.05) is 18.0 Å². The van der Waals surface area contributed by atoms with Gasteiger partial charge in [-0.2, -0.15) is 5.10 Å². The van der Waals surface area contributed by atoms with E-state index < -0.39 is 35.6 Å². The lowest BCUT2D eigenvalue weighted by atomic mass is 9.92. The molecule has 0 aliphatic carbocycles. The quantitative estimate of drug-likeness (QED) is 0.351. The van der Waals surface area contributed by atoms with E-state index in [1.54, 1.807) is 11.9 Å². The first-order chi connectivity index (χ1) is 15.7. The van der Waals surface area contributed by atoms with Gasteiger partial charge in [0.05, 0.1) is 12.7 Å². The lowest BCUT2D eigenvalue weighted by Gasteiger charge is -2.36. The zero-order valence-corrected chi connectivity index (χ0v) is 17.4. The standard InChI is InChI=1S/C20H19F4N7O2/c1-29-17(26-11-27-29)16-15(23)9-25-19(28-16)30-4-2-20(24,3-5-30)18(32)31(33)10-12-6-13(21)8-14(22)7-12/h6-9,11,33H,2-5,10H2,1H3. The summed E-state index contributed by atoms with van der Waals surface area (Å²) in [4.78, 5) is 26.2. The number of rotatable bonds is 5. The summed E-state index contributed by atoms with van der Waals surface area (Å²) >= 11 is 0. The maximum atomic E-state index is 15.3. The smallest absolute Gasteiger partial charge is 0.284 e. The van der Waals surface area contributed by atoms with Crippen molar-refractivity contribution in [2.45, 2.75) is 25.1 Å². The van der Waals surface area contributed by atoms with Crippen molar-refractivity contribution in [1.82, 2.24) is 29.8 Å². The summed E-state index contributed by atoms with van der Waals surface area (Å²) in [5.74, 6) is -3.37. The molecule has 0 unspecified atom stereocenters. The fourth-order valence-electron chi connectivity index (χ4n) is 3.63. The molecule has 1 aromatic carbocycles. The molecule has 0 bridgehead atoms. The molecular formula is C20H19F4N7O2. The molecular weight excluding hydrogens is 446 g/mol. The molecule has 13 heteroatoms. The van der Waals surface area contributed by atoms with Gasteiger partial charge in [0.25, 0.3) is 5.91 Å². The van der Waals surface area contributed by atoms with Gasteiger partial charge in [0, 0.05) is 39.0 Å². The van der Waals surface area contributed by atoms with Gasteiger partial charge >= 0.3 is 0 Å².